The first-order valence-corrected chi connectivity index (χ1v) is 17.5. The minimum absolute atomic E-state index is 0.116. The van der Waals surface area contributed by atoms with E-state index in [1.807, 2.05) is 0 Å². The minimum Gasteiger partial charge on any atom is -0.507 e. The Hall–Kier alpha value is -4.90. The highest BCUT2D eigenvalue weighted by Crippen LogP contribution is 2.35. The van der Waals surface area contributed by atoms with Crippen molar-refractivity contribution in [2.75, 3.05) is 21.3 Å². The molecule has 0 aromatic heterocycles. The third kappa shape index (κ3) is 10.5. The molecule has 0 radical (unpaired) electrons. The van der Waals surface area contributed by atoms with Crippen molar-refractivity contribution in [3.05, 3.63) is 131 Å². The van der Waals surface area contributed by atoms with Gasteiger partial charge >= 0.3 is 0 Å². The number of hydrogen-bond acceptors (Lipinski definition) is 5. The standard InChI is InChI=1S/C44H54N4O/c1-30-26-33(42(49)41(27-30)44(6,7)8)29-45-34-13-15-36(16-14-34)47-38-21-23-40(24-22-38)48-39-19-17-37(18-20-39)46-35-11-9-32(10-12-35)25-31(2)28-43(3,4)5/h9-24,26-27,31,45-49H,25,28-29H2,1-8H3. The summed E-state index contributed by atoms with van der Waals surface area (Å²) in [6.07, 6.45) is 2.34. The Balaban J connectivity index is 1.09. The molecule has 5 rings (SSSR count). The second-order valence-electron chi connectivity index (χ2n) is 15.8. The van der Waals surface area contributed by atoms with E-state index in [0.717, 1.165) is 62.9 Å². The highest BCUT2D eigenvalue weighted by atomic mass is 16.3. The van der Waals surface area contributed by atoms with E-state index in [2.05, 4.69) is 186 Å². The lowest BCUT2D eigenvalue weighted by Crippen LogP contribution is -2.13. The van der Waals surface area contributed by atoms with Crippen LogP contribution < -0.4 is 21.3 Å². The van der Waals surface area contributed by atoms with Gasteiger partial charge in [-0.1, -0.05) is 78.3 Å². The summed E-state index contributed by atoms with van der Waals surface area (Å²) in [4.78, 5) is 0. The lowest BCUT2D eigenvalue weighted by atomic mass is 9.83. The van der Waals surface area contributed by atoms with Crippen molar-refractivity contribution in [2.24, 2.45) is 11.3 Å². The van der Waals surface area contributed by atoms with E-state index in [1.165, 1.54) is 12.0 Å². The zero-order chi connectivity index (χ0) is 35.2. The van der Waals surface area contributed by atoms with Crippen molar-refractivity contribution in [3.8, 4) is 5.75 Å². The summed E-state index contributed by atoms with van der Waals surface area (Å²) in [5.74, 6) is 1.05. The van der Waals surface area contributed by atoms with Crippen LogP contribution in [-0.2, 0) is 18.4 Å². The smallest absolute Gasteiger partial charge is 0.124 e. The molecule has 5 aromatic rings. The van der Waals surface area contributed by atoms with Gasteiger partial charge in [-0.3, -0.25) is 0 Å². The number of hydrogen-bond donors (Lipinski definition) is 5. The summed E-state index contributed by atoms with van der Waals surface area (Å²) in [5, 5.41) is 24.9. The highest BCUT2D eigenvalue weighted by molar-refractivity contribution is 5.69. The number of aromatic hydroxyl groups is 1. The first-order chi connectivity index (χ1) is 23.2. The number of phenols is 1. The Morgan fingerprint density at radius 1 is 0.571 bits per heavy atom. The second-order valence-corrected chi connectivity index (χ2v) is 15.8. The summed E-state index contributed by atoms with van der Waals surface area (Å²) >= 11 is 0. The van der Waals surface area contributed by atoms with Gasteiger partial charge in [0.2, 0.25) is 0 Å². The molecule has 5 N–H and O–H groups in total. The van der Waals surface area contributed by atoms with Crippen LogP contribution in [0.5, 0.6) is 5.75 Å². The Morgan fingerprint density at radius 2 is 0.959 bits per heavy atom. The Bertz CT molecular complexity index is 1800. The van der Waals surface area contributed by atoms with Crippen LogP contribution in [0.25, 0.3) is 0 Å². The van der Waals surface area contributed by atoms with Gasteiger partial charge in [0, 0.05) is 51.9 Å². The molecule has 1 atom stereocenters. The SMILES string of the molecule is Cc1cc(CNc2ccc(Nc3ccc(Nc4ccc(Nc5ccc(CC(C)CC(C)(C)C)cc5)cc4)cc3)cc2)c(O)c(C(C)(C)C)c1. The van der Waals surface area contributed by atoms with Gasteiger partial charge in [-0.2, -0.15) is 0 Å². The van der Waals surface area contributed by atoms with Crippen LogP contribution in [0.1, 0.15) is 77.1 Å². The second kappa shape index (κ2) is 15.1. The van der Waals surface area contributed by atoms with Crippen LogP contribution in [0.3, 0.4) is 0 Å². The van der Waals surface area contributed by atoms with E-state index in [-0.39, 0.29) is 5.41 Å². The molecule has 5 nitrogen and oxygen atoms in total. The predicted molar refractivity (Wildman–Crippen MR) is 211 cm³/mol. The molecule has 0 fully saturated rings. The number of phenolic OH excluding ortho intramolecular Hbond substituents is 1. The van der Waals surface area contributed by atoms with Crippen LogP contribution >= 0.6 is 0 Å². The minimum atomic E-state index is -0.116. The van der Waals surface area contributed by atoms with Crippen LogP contribution in [-0.4, -0.2) is 5.11 Å². The quantitative estimate of drug-likeness (QED) is 0.0926. The Kier molecular flexibility index (Phi) is 10.9. The fourth-order valence-electron chi connectivity index (χ4n) is 6.45. The van der Waals surface area contributed by atoms with E-state index >= 15 is 0 Å². The number of benzene rings is 5. The van der Waals surface area contributed by atoms with Gasteiger partial charge in [0.05, 0.1) is 0 Å². The maximum absolute atomic E-state index is 10.9. The maximum Gasteiger partial charge on any atom is 0.124 e. The highest BCUT2D eigenvalue weighted by Gasteiger charge is 2.20. The van der Waals surface area contributed by atoms with E-state index in [9.17, 15) is 5.11 Å². The molecule has 0 saturated carbocycles. The van der Waals surface area contributed by atoms with Crippen molar-refractivity contribution in [2.45, 2.75) is 80.2 Å². The molecule has 0 spiro atoms. The molecule has 5 aromatic carbocycles. The molecule has 1 unspecified atom stereocenters. The molecule has 0 bridgehead atoms. The maximum atomic E-state index is 10.9. The van der Waals surface area contributed by atoms with Crippen LogP contribution in [0.2, 0.25) is 0 Å². The van der Waals surface area contributed by atoms with Crippen molar-refractivity contribution in [3.63, 3.8) is 0 Å². The molecule has 5 heteroatoms. The molecular formula is C44H54N4O. The van der Waals surface area contributed by atoms with Gasteiger partial charge in [-0.05, 0) is 133 Å². The van der Waals surface area contributed by atoms with Gasteiger partial charge in [-0.15, -0.1) is 0 Å². The monoisotopic (exact) mass is 654 g/mol. The van der Waals surface area contributed by atoms with E-state index in [1.54, 1.807) is 0 Å². The summed E-state index contributed by atoms with van der Waals surface area (Å²) < 4.78 is 0. The fraction of sp³-hybridized carbons (Fsp3) is 0.318. The normalized spacial score (nSPS) is 12.3. The van der Waals surface area contributed by atoms with Crippen LogP contribution in [0, 0.1) is 18.3 Å². The molecule has 0 saturated heterocycles. The molecule has 256 valence electrons. The predicted octanol–water partition coefficient (Wildman–Crippen LogP) is 12.5. The van der Waals surface area contributed by atoms with Gasteiger partial charge < -0.3 is 26.4 Å². The molecule has 49 heavy (non-hydrogen) atoms. The lowest BCUT2D eigenvalue weighted by molar-refractivity contribution is 0.306. The molecule has 0 aliphatic carbocycles. The molecule has 0 aliphatic heterocycles. The van der Waals surface area contributed by atoms with Gasteiger partial charge in [-0.25, -0.2) is 0 Å². The van der Waals surface area contributed by atoms with Crippen molar-refractivity contribution in [1.82, 2.24) is 0 Å². The number of anilines is 7. The first-order valence-electron chi connectivity index (χ1n) is 17.5. The summed E-state index contributed by atoms with van der Waals surface area (Å²) in [6, 6.07) is 37.9. The average molecular weight is 655 g/mol. The summed E-state index contributed by atoms with van der Waals surface area (Å²) in [6.45, 7) is 18.3. The number of aryl methyl sites for hydroxylation is 1. The van der Waals surface area contributed by atoms with E-state index in [4.69, 9.17) is 0 Å². The number of rotatable bonds is 12. The zero-order valence-corrected chi connectivity index (χ0v) is 30.5. The molecule has 0 aliphatic rings. The summed E-state index contributed by atoms with van der Waals surface area (Å²) in [5.41, 5.74) is 11.9. The third-order valence-corrected chi connectivity index (χ3v) is 8.64. The first kappa shape index (κ1) is 35.4. The molecular weight excluding hydrogens is 601 g/mol. The molecule has 0 amide bonds. The van der Waals surface area contributed by atoms with Gasteiger partial charge in [0.15, 0.2) is 0 Å². The van der Waals surface area contributed by atoms with Crippen LogP contribution in [0.15, 0.2) is 109 Å². The summed E-state index contributed by atoms with van der Waals surface area (Å²) in [7, 11) is 0. The fourth-order valence-corrected chi connectivity index (χ4v) is 6.45. The lowest BCUT2D eigenvalue weighted by Gasteiger charge is -2.23. The van der Waals surface area contributed by atoms with Crippen molar-refractivity contribution >= 4 is 39.8 Å². The van der Waals surface area contributed by atoms with Crippen LogP contribution in [0.4, 0.5) is 39.8 Å². The Morgan fingerprint density at radius 3 is 1.35 bits per heavy atom. The average Bonchev–Trinajstić information content (AvgIpc) is 3.03. The number of nitrogens with one attached hydrogen (secondary N) is 4. The van der Waals surface area contributed by atoms with Gasteiger partial charge in [0.25, 0.3) is 0 Å². The van der Waals surface area contributed by atoms with E-state index < -0.39 is 0 Å². The Labute approximate surface area is 294 Å². The third-order valence-electron chi connectivity index (χ3n) is 8.64. The van der Waals surface area contributed by atoms with Crippen molar-refractivity contribution in [1.29, 1.82) is 0 Å². The van der Waals surface area contributed by atoms with E-state index in [0.29, 0.717) is 23.6 Å². The van der Waals surface area contributed by atoms with Gasteiger partial charge in [0.1, 0.15) is 5.75 Å². The van der Waals surface area contributed by atoms with Crippen molar-refractivity contribution < 1.29 is 5.11 Å². The zero-order valence-electron chi connectivity index (χ0n) is 30.5. The topological polar surface area (TPSA) is 68.3 Å². The molecule has 0 heterocycles. The largest absolute Gasteiger partial charge is 0.507 e.